The van der Waals surface area contributed by atoms with Gasteiger partial charge < -0.3 is 15.2 Å². The molecule has 0 saturated carbocycles. The summed E-state index contributed by atoms with van der Waals surface area (Å²) in [7, 11) is 0. The van der Waals surface area contributed by atoms with Crippen LogP contribution in [0.25, 0.3) is 0 Å². The first-order valence-corrected chi connectivity index (χ1v) is 5.37. The highest BCUT2D eigenvalue weighted by atomic mass is 16.5. The summed E-state index contributed by atoms with van der Waals surface area (Å²) in [6.07, 6.45) is 0.446. The molecule has 5 heteroatoms. The van der Waals surface area contributed by atoms with Crippen molar-refractivity contribution in [1.29, 1.82) is 0 Å². The van der Waals surface area contributed by atoms with Crippen molar-refractivity contribution < 1.29 is 19.4 Å². The molecule has 2 N–H and O–H groups in total. The zero-order valence-corrected chi connectivity index (χ0v) is 10.4. The van der Waals surface area contributed by atoms with Crippen LogP contribution < -0.4 is 5.32 Å². The molecular weight excluding hydrogens is 210 g/mol. The number of amides is 1. The molecular formula is C11H21NO4. The average molecular weight is 231 g/mol. The Morgan fingerprint density at radius 1 is 1.38 bits per heavy atom. The van der Waals surface area contributed by atoms with Gasteiger partial charge in [-0.05, 0) is 34.1 Å². The van der Waals surface area contributed by atoms with E-state index in [1.807, 2.05) is 13.8 Å². The second-order valence-corrected chi connectivity index (χ2v) is 4.69. The maximum atomic E-state index is 11.4. The van der Waals surface area contributed by atoms with E-state index < -0.39 is 11.5 Å². The van der Waals surface area contributed by atoms with Gasteiger partial charge in [0.1, 0.15) is 6.61 Å². The Labute approximate surface area is 96.2 Å². The molecule has 0 aromatic heterocycles. The van der Waals surface area contributed by atoms with E-state index in [9.17, 15) is 9.59 Å². The van der Waals surface area contributed by atoms with Crippen molar-refractivity contribution in [3.05, 3.63) is 0 Å². The van der Waals surface area contributed by atoms with E-state index in [0.717, 1.165) is 0 Å². The fraction of sp³-hybridized carbons (Fsp3) is 0.818. The van der Waals surface area contributed by atoms with Gasteiger partial charge in [0, 0.05) is 12.0 Å². The minimum absolute atomic E-state index is 0.00730. The second-order valence-electron chi connectivity index (χ2n) is 4.69. The van der Waals surface area contributed by atoms with Crippen molar-refractivity contribution in [2.24, 2.45) is 0 Å². The molecule has 0 aliphatic heterocycles. The van der Waals surface area contributed by atoms with E-state index in [2.05, 4.69) is 5.32 Å². The Morgan fingerprint density at radius 3 is 2.38 bits per heavy atom. The number of nitrogens with one attached hydrogen (secondary N) is 1. The highest BCUT2D eigenvalue weighted by molar-refractivity contribution is 5.78. The van der Waals surface area contributed by atoms with Gasteiger partial charge in [-0.2, -0.15) is 0 Å². The summed E-state index contributed by atoms with van der Waals surface area (Å²) in [5, 5.41) is 11.3. The van der Waals surface area contributed by atoms with Gasteiger partial charge in [0.05, 0.1) is 6.10 Å². The minimum atomic E-state index is -0.860. The van der Waals surface area contributed by atoms with E-state index in [1.165, 1.54) is 0 Å². The standard InChI is InChI=1S/C11H21NO4/c1-8(2)16-7-9(13)12-11(3,4)6-5-10(14)15/h8H,5-7H2,1-4H3,(H,12,13)(H,14,15). The Balaban J connectivity index is 3.94. The third-order valence-electron chi connectivity index (χ3n) is 1.99. The van der Waals surface area contributed by atoms with Gasteiger partial charge in [0.15, 0.2) is 0 Å². The van der Waals surface area contributed by atoms with Crippen LogP contribution >= 0.6 is 0 Å². The van der Waals surface area contributed by atoms with E-state index in [-0.39, 0.29) is 25.0 Å². The lowest BCUT2D eigenvalue weighted by molar-refractivity contribution is -0.138. The Morgan fingerprint density at radius 2 is 1.94 bits per heavy atom. The molecule has 0 aliphatic rings. The first-order valence-electron chi connectivity index (χ1n) is 5.37. The number of carboxylic acids is 1. The summed E-state index contributed by atoms with van der Waals surface area (Å²) in [6.45, 7) is 7.30. The molecule has 0 spiro atoms. The molecule has 0 aromatic rings. The van der Waals surface area contributed by atoms with Crippen LogP contribution in [0.1, 0.15) is 40.5 Å². The van der Waals surface area contributed by atoms with Crippen molar-refractivity contribution in [1.82, 2.24) is 5.32 Å². The van der Waals surface area contributed by atoms with E-state index in [4.69, 9.17) is 9.84 Å². The first kappa shape index (κ1) is 14.9. The number of carboxylic acid groups (broad SMARTS) is 1. The zero-order valence-electron chi connectivity index (χ0n) is 10.4. The molecule has 0 rings (SSSR count). The molecule has 0 saturated heterocycles. The maximum Gasteiger partial charge on any atom is 0.303 e. The van der Waals surface area contributed by atoms with Crippen LogP contribution in [0.2, 0.25) is 0 Å². The number of rotatable bonds is 7. The monoisotopic (exact) mass is 231 g/mol. The largest absolute Gasteiger partial charge is 0.481 e. The number of hydrogen-bond donors (Lipinski definition) is 2. The lowest BCUT2D eigenvalue weighted by Gasteiger charge is -2.25. The summed E-state index contributed by atoms with van der Waals surface area (Å²) >= 11 is 0. The van der Waals surface area contributed by atoms with Crippen molar-refractivity contribution >= 4 is 11.9 Å². The highest BCUT2D eigenvalue weighted by Gasteiger charge is 2.21. The fourth-order valence-corrected chi connectivity index (χ4v) is 1.14. The zero-order chi connectivity index (χ0) is 12.8. The third kappa shape index (κ3) is 8.23. The van der Waals surface area contributed by atoms with Crippen LogP contribution in [0.5, 0.6) is 0 Å². The summed E-state index contributed by atoms with van der Waals surface area (Å²) < 4.78 is 5.15. The van der Waals surface area contributed by atoms with Crippen LogP contribution in [0.4, 0.5) is 0 Å². The third-order valence-corrected chi connectivity index (χ3v) is 1.99. The van der Waals surface area contributed by atoms with Gasteiger partial charge in [-0.1, -0.05) is 0 Å². The molecule has 0 aliphatic carbocycles. The quantitative estimate of drug-likeness (QED) is 0.689. The predicted octanol–water partition coefficient (Wildman–Crippen LogP) is 1.17. The molecule has 1 amide bonds. The lowest BCUT2D eigenvalue weighted by Crippen LogP contribution is -2.45. The molecule has 0 unspecified atom stereocenters. The summed E-state index contributed by atoms with van der Waals surface area (Å²) in [5.41, 5.74) is -0.518. The SMILES string of the molecule is CC(C)OCC(=O)NC(C)(C)CCC(=O)O. The molecule has 16 heavy (non-hydrogen) atoms. The van der Waals surface area contributed by atoms with E-state index in [1.54, 1.807) is 13.8 Å². The van der Waals surface area contributed by atoms with E-state index in [0.29, 0.717) is 6.42 Å². The van der Waals surface area contributed by atoms with Crippen molar-refractivity contribution in [3.63, 3.8) is 0 Å². The Hall–Kier alpha value is -1.10. The van der Waals surface area contributed by atoms with Gasteiger partial charge in [-0.15, -0.1) is 0 Å². The fourth-order valence-electron chi connectivity index (χ4n) is 1.14. The van der Waals surface area contributed by atoms with Crippen molar-refractivity contribution in [3.8, 4) is 0 Å². The van der Waals surface area contributed by atoms with Gasteiger partial charge in [-0.25, -0.2) is 0 Å². The molecule has 94 valence electrons. The molecule has 5 nitrogen and oxygen atoms in total. The van der Waals surface area contributed by atoms with Crippen LogP contribution in [-0.4, -0.2) is 35.2 Å². The minimum Gasteiger partial charge on any atom is -0.481 e. The lowest BCUT2D eigenvalue weighted by atomic mass is 9.98. The van der Waals surface area contributed by atoms with Crippen molar-refractivity contribution in [2.75, 3.05) is 6.61 Å². The maximum absolute atomic E-state index is 11.4. The van der Waals surface area contributed by atoms with E-state index >= 15 is 0 Å². The molecule has 0 bridgehead atoms. The van der Waals surface area contributed by atoms with Gasteiger partial charge >= 0.3 is 5.97 Å². The summed E-state index contributed by atoms with van der Waals surface area (Å²) in [5.74, 6) is -1.08. The molecule has 0 atom stereocenters. The number of ether oxygens (including phenoxy) is 1. The summed E-state index contributed by atoms with van der Waals surface area (Å²) in [6, 6.07) is 0. The predicted molar refractivity (Wildman–Crippen MR) is 60.2 cm³/mol. The average Bonchev–Trinajstić information content (AvgIpc) is 2.11. The second kappa shape index (κ2) is 6.48. The van der Waals surface area contributed by atoms with Gasteiger partial charge in [-0.3, -0.25) is 9.59 Å². The molecule has 0 aromatic carbocycles. The van der Waals surface area contributed by atoms with Crippen molar-refractivity contribution in [2.45, 2.75) is 52.2 Å². The van der Waals surface area contributed by atoms with Crippen LogP contribution in [-0.2, 0) is 14.3 Å². The number of carbonyl (C=O) groups is 2. The van der Waals surface area contributed by atoms with Gasteiger partial charge in [0.25, 0.3) is 0 Å². The van der Waals surface area contributed by atoms with Gasteiger partial charge in [0.2, 0.25) is 5.91 Å². The smallest absolute Gasteiger partial charge is 0.303 e. The number of aliphatic carboxylic acids is 1. The Kier molecular flexibility index (Phi) is 6.03. The topological polar surface area (TPSA) is 75.6 Å². The number of hydrogen-bond acceptors (Lipinski definition) is 3. The Bertz CT molecular complexity index is 248. The molecule has 0 radical (unpaired) electrons. The molecule has 0 heterocycles. The summed E-state index contributed by atoms with van der Waals surface area (Å²) in [4.78, 5) is 21.8. The molecule has 0 fully saturated rings. The number of carbonyl (C=O) groups excluding carboxylic acids is 1. The van der Waals surface area contributed by atoms with Crippen LogP contribution in [0.15, 0.2) is 0 Å². The van der Waals surface area contributed by atoms with Crippen LogP contribution in [0.3, 0.4) is 0 Å². The normalized spacial score (nSPS) is 11.6. The highest BCUT2D eigenvalue weighted by Crippen LogP contribution is 2.10. The first-order chi connectivity index (χ1) is 7.23. The van der Waals surface area contributed by atoms with Crippen LogP contribution in [0, 0.1) is 0 Å².